The Morgan fingerprint density at radius 3 is 2.56 bits per heavy atom. The van der Waals surface area contributed by atoms with Gasteiger partial charge in [-0.3, -0.25) is 9.78 Å². The van der Waals surface area contributed by atoms with E-state index in [9.17, 15) is 9.59 Å². The van der Waals surface area contributed by atoms with Gasteiger partial charge in [0.2, 0.25) is 0 Å². The number of nitrogens with zero attached hydrogens (tertiary/aromatic N) is 1. The third-order valence-electron chi connectivity index (χ3n) is 4.12. The van der Waals surface area contributed by atoms with Crippen LogP contribution in [0.3, 0.4) is 0 Å². The van der Waals surface area contributed by atoms with Crippen LogP contribution in [0.15, 0.2) is 36.2 Å². The van der Waals surface area contributed by atoms with Gasteiger partial charge in [-0.25, -0.2) is 4.79 Å². The molecule has 1 aromatic carbocycles. The summed E-state index contributed by atoms with van der Waals surface area (Å²) in [4.78, 5) is 28.5. The van der Waals surface area contributed by atoms with Gasteiger partial charge < -0.3 is 14.2 Å². The third-order valence-corrected chi connectivity index (χ3v) is 4.12. The molecule has 0 radical (unpaired) electrons. The fourth-order valence-electron chi connectivity index (χ4n) is 2.85. The summed E-state index contributed by atoms with van der Waals surface area (Å²) in [5.74, 6) is 0.499. The van der Waals surface area contributed by atoms with Crippen LogP contribution in [-0.4, -0.2) is 38.1 Å². The van der Waals surface area contributed by atoms with Gasteiger partial charge in [0, 0.05) is 30.0 Å². The van der Waals surface area contributed by atoms with E-state index in [1.807, 2.05) is 0 Å². The molecule has 0 atom stereocenters. The number of Topliss-reactive ketones (excluding diaryl/α,β-unsaturated/α-hetero) is 1. The van der Waals surface area contributed by atoms with Crippen molar-refractivity contribution < 1.29 is 23.8 Å². The van der Waals surface area contributed by atoms with Gasteiger partial charge in [-0.15, -0.1) is 0 Å². The summed E-state index contributed by atoms with van der Waals surface area (Å²) in [5, 5.41) is 0. The molecule has 0 unspecified atom stereocenters. The van der Waals surface area contributed by atoms with E-state index in [1.54, 1.807) is 37.6 Å². The van der Waals surface area contributed by atoms with Crippen LogP contribution in [0.2, 0.25) is 0 Å². The molecular formula is C19H17NO5. The highest BCUT2D eigenvalue weighted by Gasteiger charge is 2.27. The van der Waals surface area contributed by atoms with E-state index < -0.39 is 5.97 Å². The first-order valence-corrected chi connectivity index (χ1v) is 7.61. The third kappa shape index (κ3) is 2.98. The molecule has 128 valence electrons. The molecule has 1 heterocycles. The molecule has 1 aliphatic rings. The first kappa shape index (κ1) is 16.7. The lowest BCUT2D eigenvalue weighted by Gasteiger charge is -2.08. The van der Waals surface area contributed by atoms with Gasteiger partial charge in [0.05, 0.1) is 26.9 Å². The maximum Gasteiger partial charge on any atom is 0.340 e. The SMILES string of the molecule is COC(=O)c1cnccc1C=C1Cc2cc(OC)c(OC)cc2C1=O. The number of fused-ring (bicyclic) bond motifs is 1. The minimum atomic E-state index is -0.494. The smallest absolute Gasteiger partial charge is 0.340 e. The number of allylic oxidation sites excluding steroid dienone is 1. The van der Waals surface area contributed by atoms with Gasteiger partial charge in [-0.1, -0.05) is 0 Å². The van der Waals surface area contributed by atoms with Crippen molar-refractivity contribution in [1.82, 2.24) is 4.98 Å². The van der Waals surface area contributed by atoms with Crippen LogP contribution in [0.1, 0.15) is 31.8 Å². The first-order chi connectivity index (χ1) is 12.1. The van der Waals surface area contributed by atoms with Gasteiger partial charge in [0.25, 0.3) is 0 Å². The lowest BCUT2D eigenvalue weighted by atomic mass is 10.0. The lowest BCUT2D eigenvalue weighted by molar-refractivity contribution is 0.0600. The van der Waals surface area contributed by atoms with E-state index in [-0.39, 0.29) is 5.78 Å². The van der Waals surface area contributed by atoms with Gasteiger partial charge in [0.1, 0.15) is 0 Å². The summed E-state index contributed by atoms with van der Waals surface area (Å²) in [6.45, 7) is 0. The minimum Gasteiger partial charge on any atom is -0.493 e. The van der Waals surface area contributed by atoms with Crippen LogP contribution in [-0.2, 0) is 11.2 Å². The Hall–Kier alpha value is -3.15. The highest BCUT2D eigenvalue weighted by atomic mass is 16.5. The number of methoxy groups -OCH3 is 3. The summed E-state index contributed by atoms with van der Waals surface area (Å²) >= 11 is 0. The van der Waals surface area contributed by atoms with Gasteiger partial charge in [-0.05, 0) is 35.4 Å². The molecule has 2 aromatic rings. The number of esters is 1. The van der Waals surface area contributed by atoms with E-state index in [0.29, 0.717) is 40.2 Å². The number of pyridine rings is 1. The first-order valence-electron chi connectivity index (χ1n) is 7.61. The highest BCUT2D eigenvalue weighted by molar-refractivity contribution is 6.16. The molecule has 6 nitrogen and oxygen atoms in total. The van der Waals surface area contributed by atoms with Gasteiger partial charge in [-0.2, -0.15) is 0 Å². The summed E-state index contributed by atoms with van der Waals surface area (Å²) in [6.07, 6.45) is 5.15. The van der Waals surface area contributed by atoms with Crippen molar-refractivity contribution in [3.8, 4) is 11.5 Å². The molecule has 0 fully saturated rings. The topological polar surface area (TPSA) is 74.7 Å². The Morgan fingerprint density at radius 2 is 1.88 bits per heavy atom. The van der Waals surface area contributed by atoms with Crippen molar-refractivity contribution in [2.24, 2.45) is 0 Å². The number of aromatic nitrogens is 1. The van der Waals surface area contributed by atoms with E-state index in [4.69, 9.17) is 14.2 Å². The standard InChI is InChI=1S/C19H17NO5/c1-23-16-8-12-7-13(18(21)14(12)9-17(16)24-2)6-11-4-5-20-10-15(11)19(22)25-3/h4-6,8-10H,7H2,1-3H3. The second-order valence-electron chi connectivity index (χ2n) is 5.49. The summed E-state index contributed by atoms with van der Waals surface area (Å²) in [5.41, 5.74) is 2.94. The summed E-state index contributed by atoms with van der Waals surface area (Å²) in [6, 6.07) is 5.17. The fraction of sp³-hybridized carbons (Fsp3) is 0.211. The van der Waals surface area contributed by atoms with E-state index >= 15 is 0 Å². The number of benzene rings is 1. The maximum absolute atomic E-state index is 12.7. The molecule has 3 rings (SSSR count). The minimum absolute atomic E-state index is 0.0939. The van der Waals surface area contributed by atoms with Crippen LogP contribution in [0.5, 0.6) is 11.5 Å². The van der Waals surface area contributed by atoms with E-state index in [0.717, 1.165) is 5.56 Å². The monoisotopic (exact) mass is 339 g/mol. The maximum atomic E-state index is 12.7. The van der Waals surface area contributed by atoms with Crippen LogP contribution >= 0.6 is 0 Å². The number of ether oxygens (including phenoxy) is 3. The van der Waals surface area contributed by atoms with Crippen LogP contribution in [0.4, 0.5) is 0 Å². The number of hydrogen-bond acceptors (Lipinski definition) is 6. The predicted molar refractivity (Wildman–Crippen MR) is 91.1 cm³/mol. The number of carbonyl (C=O) groups excluding carboxylic acids is 2. The molecule has 25 heavy (non-hydrogen) atoms. The average molecular weight is 339 g/mol. The zero-order valence-electron chi connectivity index (χ0n) is 14.2. The number of ketones is 1. The zero-order chi connectivity index (χ0) is 18.0. The van der Waals surface area contributed by atoms with Gasteiger partial charge in [0.15, 0.2) is 17.3 Å². The summed E-state index contributed by atoms with van der Waals surface area (Å²) < 4.78 is 15.3. The van der Waals surface area contributed by atoms with E-state index in [1.165, 1.54) is 20.4 Å². The van der Waals surface area contributed by atoms with Crippen LogP contribution in [0.25, 0.3) is 6.08 Å². The quantitative estimate of drug-likeness (QED) is 0.630. The van der Waals surface area contributed by atoms with Crippen LogP contribution in [0, 0.1) is 0 Å². The molecule has 1 aromatic heterocycles. The van der Waals surface area contributed by atoms with Crippen LogP contribution < -0.4 is 9.47 Å². The fourth-order valence-corrected chi connectivity index (χ4v) is 2.85. The Kier molecular flexibility index (Phi) is 4.52. The number of hydrogen-bond donors (Lipinski definition) is 0. The Labute approximate surface area is 145 Å². The number of rotatable bonds is 4. The van der Waals surface area contributed by atoms with E-state index in [2.05, 4.69) is 4.98 Å². The number of carbonyl (C=O) groups is 2. The van der Waals surface area contributed by atoms with Crippen molar-refractivity contribution in [2.45, 2.75) is 6.42 Å². The second-order valence-corrected chi connectivity index (χ2v) is 5.49. The van der Waals surface area contributed by atoms with Crippen molar-refractivity contribution >= 4 is 17.8 Å². The van der Waals surface area contributed by atoms with Gasteiger partial charge >= 0.3 is 5.97 Å². The molecule has 0 spiro atoms. The predicted octanol–water partition coefficient (Wildman–Crippen LogP) is 2.71. The Balaban J connectivity index is 2.03. The Bertz CT molecular complexity index is 885. The average Bonchev–Trinajstić information content (AvgIpc) is 2.95. The molecule has 0 amide bonds. The Morgan fingerprint density at radius 1 is 1.16 bits per heavy atom. The lowest BCUT2D eigenvalue weighted by Crippen LogP contribution is -2.05. The van der Waals surface area contributed by atoms with Crippen molar-refractivity contribution in [3.05, 3.63) is 58.4 Å². The van der Waals surface area contributed by atoms with Crippen molar-refractivity contribution in [1.29, 1.82) is 0 Å². The normalized spacial score (nSPS) is 14.4. The zero-order valence-corrected chi connectivity index (χ0v) is 14.2. The highest BCUT2D eigenvalue weighted by Crippen LogP contribution is 2.37. The molecule has 0 N–H and O–H groups in total. The molecule has 0 bridgehead atoms. The summed E-state index contributed by atoms with van der Waals surface area (Å²) in [7, 11) is 4.39. The molecule has 0 saturated heterocycles. The van der Waals surface area contributed by atoms with Crippen molar-refractivity contribution in [2.75, 3.05) is 21.3 Å². The largest absolute Gasteiger partial charge is 0.493 e. The van der Waals surface area contributed by atoms with Crippen molar-refractivity contribution in [3.63, 3.8) is 0 Å². The molecule has 0 aliphatic heterocycles. The second kappa shape index (κ2) is 6.76. The molecule has 1 aliphatic carbocycles. The molecular weight excluding hydrogens is 322 g/mol. The molecule has 0 saturated carbocycles. The molecule has 6 heteroatoms.